The fourth-order valence-corrected chi connectivity index (χ4v) is 0. The predicted octanol–water partition coefficient (Wildman–Crippen LogP) is -7.56. The van der Waals surface area contributed by atoms with Crippen LogP contribution in [0.25, 0.3) is 0 Å². The Morgan fingerprint density at radius 2 is 0.412 bits per heavy atom. The van der Waals surface area contributed by atoms with Crippen LogP contribution in [0.4, 0.5) is 39.5 Å². The summed E-state index contributed by atoms with van der Waals surface area (Å²) in [6.07, 6.45) is 0. The van der Waals surface area contributed by atoms with Gasteiger partial charge >= 0.3 is 16.5 Å². The monoisotopic (exact) mass is 855 g/mol. The van der Waals surface area contributed by atoms with Gasteiger partial charge in [0.2, 0.25) is 0 Å². The first kappa shape index (κ1) is 85.4. The fraction of sp³-hybridized carbons (Fsp3) is 1.00. The minimum atomic E-state index is -6.09. The van der Waals surface area contributed by atoms with E-state index < -0.39 is 46.9 Å². The maximum atomic E-state index is 10.7. The van der Waals surface area contributed by atoms with Crippen molar-refractivity contribution in [2.24, 2.45) is 0 Å². The molecule has 0 unspecified atom stereocenters. The number of hydrogen-bond donors (Lipinski definition) is 0. The Kier molecular flexibility index (Phi) is 60.0. The van der Waals surface area contributed by atoms with Crippen LogP contribution in [0.15, 0.2) is 0 Å². The third-order valence-electron chi connectivity index (χ3n) is 0.850. The standard InChI is InChI=1S/3CHF3O3S.Cm.9H2O/c3*2-1(3,4)8(5,6)7;;;;;;;;;;/h3*(H,5,6,7);;9*1H2. The molecule has 0 aliphatic rings. The summed E-state index contributed by atoms with van der Waals surface area (Å²) in [5.41, 5.74) is -16.9. The smallest absolute Gasteiger partial charge is 0.485 e. The zero-order valence-corrected chi connectivity index (χ0v) is 20.3. The van der Waals surface area contributed by atoms with Crippen molar-refractivity contribution in [1.82, 2.24) is 0 Å². The Morgan fingerprint density at radius 1 is 0.382 bits per heavy atom. The van der Waals surface area contributed by atoms with Crippen LogP contribution in [0.3, 0.4) is 0 Å². The van der Waals surface area contributed by atoms with E-state index in [-0.39, 0.29) is 49.3 Å². The van der Waals surface area contributed by atoms with Crippen LogP contribution in [-0.2, 0) is 46.8 Å². The second kappa shape index (κ2) is 23.9. The number of halogens is 9. The molecule has 230 valence electrons. The largest absolute Gasteiger partial charge is 0.741 e. The molecule has 0 bridgehead atoms. The molecule has 0 spiro atoms. The van der Waals surface area contributed by atoms with Gasteiger partial charge in [-0.25, -0.2) is 25.3 Å². The first-order valence-corrected chi connectivity index (χ1v) is 8.04. The quantitative estimate of drug-likeness (QED) is 0.0965. The maximum Gasteiger partial charge on any atom is 0.485 e. The molecular formula is C3H21CmF9O18S3. The molecular weight excluding hydrogens is 838 g/mol. The summed E-state index contributed by atoms with van der Waals surface area (Å²) in [6, 6.07) is 0. The van der Waals surface area contributed by atoms with Crippen LogP contribution in [0.1, 0.15) is 0 Å². The van der Waals surface area contributed by atoms with Gasteiger partial charge in [0.25, 0.3) is 0 Å². The summed E-state index contributed by atoms with van der Waals surface area (Å²) >= 11 is 0. The molecule has 31 heteroatoms. The van der Waals surface area contributed by atoms with Gasteiger partial charge in [-0.15, -0.1) is 0 Å². The van der Waals surface area contributed by atoms with Gasteiger partial charge in [0, 0.05) is 0 Å². The van der Waals surface area contributed by atoms with E-state index in [0.29, 0.717) is 0 Å². The second-order valence-electron chi connectivity index (χ2n) is 2.70. The van der Waals surface area contributed by atoms with Crippen LogP contribution < -0.4 is 0 Å². The Morgan fingerprint density at radius 3 is 0.412 bits per heavy atom. The summed E-state index contributed by atoms with van der Waals surface area (Å²) in [7, 11) is -18.3. The van der Waals surface area contributed by atoms with E-state index in [1.807, 2.05) is 0 Å². The average Bonchev–Trinajstić information content (AvgIpc) is 2.08. The molecule has 0 aliphatic carbocycles. The zero-order valence-electron chi connectivity index (χ0n) is 14.9. The summed E-state index contributed by atoms with van der Waals surface area (Å²) < 4.78 is 177. The van der Waals surface area contributed by atoms with E-state index in [9.17, 15) is 39.5 Å². The van der Waals surface area contributed by atoms with Gasteiger partial charge in [0.15, 0.2) is 30.4 Å². The second-order valence-corrected chi connectivity index (χ2v) is 6.81. The molecule has 0 atom stereocenters. The maximum absolute atomic E-state index is 10.7. The van der Waals surface area contributed by atoms with E-state index in [1.165, 1.54) is 0 Å². The first-order valence-electron chi connectivity index (χ1n) is 3.81. The zero-order chi connectivity index (χ0) is 21.0. The predicted molar refractivity (Wildman–Crippen MR) is 83.6 cm³/mol. The molecule has 0 aromatic heterocycles. The normalized spacial score (nSPS) is 9.88. The van der Waals surface area contributed by atoms with E-state index in [2.05, 4.69) is 0 Å². The Labute approximate surface area is 175 Å². The van der Waals surface area contributed by atoms with Crippen molar-refractivity contribution in [2.75, 3.05) is 0 Å². The van der Waals surface area contributed by atoms with Crippen LogP contribution in [0, 0.1) is 0 Å². The van der Waals surface area contributed by atoms with Gasteiger partial charge in [-0.3, -0.25) is 0 Å². The molecule has 0 saturated heterocycles. The number of hydrogen-bond acceptors (Lipinski definition) is 9. The van der Waals surface area contributed by atoms with Crippen molar-refractivity contribution in [2.45, 2.75) is 16.5 Å². The summed E-state index contributed by atoms with van der Waals surface area (Å²) in [6.45, 7) is 0. The van der Waals surface area contributed by atoms with Crippen molar-refractivity contribution in [3.05, 3.63) is 0 Å². The van der Waals surface area contributed by atoms with Gasteiger partial charge in [0.05, 0.1) is 0 Å². The van der Waals surface area contributed by atoms with Gasteiger partial charge in [0.1, 0.15) is 0 Å². The molecule has 0 radical (unpaired) electrons. The van der Waals surface area contributed by atoms with Crippen LogP contribution in [0.2, 0.25) is 0 Å². The van der Waals surface area contributed by atoms with Crippen molar-refractivity contribution in [1.29, 1.82) is 0 Å². The van der Waals surface area contributed by atoms with Crippen molar-refractivity contribution < 1.29 is 128 Å². The molecule has 0 amide bonds. The van der Waals surface area contributed by atoms with Crippen molar-refractivity contribution >= 4 is 30.4 Å². The molecule has 0 rings (SSSR count). The molecule has 0 saturated carbocycles. The Bertz CT molecular complexity index is 607. The summed E-state index contributed by atoms with van der Waals surface area (Å²) in [5, 5.41) is 0. The minimum Gasteiger partial charge on any atom is -0.741 e. The van der Waals surface area contributed by atoms with E-state index in [1.54, 1.807) is 0 Å². The molecule has 0 fully saturated rings. The van der Waals surface area contributed by atoms with E-state index in [0.717, 1.165) is 0 Å². The Balaban J connectivity index is -0.0000000154. The van der Waals surface area contributed by atoms with Crippen LogP contribution >= 0.6 is 0 Å². The van der Waals surface area contributed by atoms with Crippen LogP contribution in [-0.4, -0.2) is 88.3 Å². The number of alkyl halides is 9. The van der Waals surface area contributed by atoms with E-state index >= 15 is 0 Å². The molecule has 21 N–H and O–H groups in total. The van der Waals surface area contributed by atoms with Crippen molar-refractivity contribution in [3.8, 4) is 0 Å². The van der Waals surface area contributed by atoms with Gasteiger partial charge in [-0.1, -0.05) is 0 Å². The molecule has 0 aromatic carbocycles. The third-order valence-corrected chi connectivity index (χ3v) is 2.55. The first-order chi connectivity index (χ1) is 9.75. The summed E-state index contributed by atoms with van der Waals surface area (Å²) in [5.74, 6) is 0. The Hall–Kier alpha value is -2.26. The van der Waals surface area contributed by atoms with Crippen LogP contribution in [0.5, 0.6) is 0 Å². The molecule has 18 nitrogen and oxygen atoms in total. The molecule has 0 heterocycles. The fourth-order valence-electron chi connectivity index (χ4n) is 0. The van der Waals surface area contributed by atoms with E-state index in [4.69, 9.17) is 38.9 Å². The molecule has 34 heavy (non-hydrogen) atoms. The molecule has 0 aromatic rings. The molecule has 0 aliphatic heterocycles. The average molecular weight is 859 g/mol. The topological polar surface area (TPSA) is 460 Å². The third kappa shape index (κ3) is 40.1. The van der Waals surface area contributed by atoms with Gasteiger partial charge < -0.3 is 62.9 Å². The van der Waals surface area contributed by atoms with Gasteiger partial charge in [-0.2, -0.15) is 39.5 Å². The SMILES string of the molecule is O.O.O.O.O.O.O=S(=O)([O-])C(F)(F)F.O=S(=O)([O-])C(F)(F)F.O=S(=O)([O-])C(F)(F)F.[Cm].[OH3+].[OH3+].[OH3+]. The van der Waals surface area contributed by atoms with Gasteiger partial charge in [-0.05, 0) is 0 Å². The number of rotatable bonds is 0. The van der Waals surface area contributed by atoms with Crippen molar-refractivity contribution in [3.63, 3.8) is 0 Å². The summed E-state index contributed by atoms with van der Waals surface area (Å²) in [4.78, 5) is 0. The minimum absolute atomic E-state index is 0.